The first kappa shape index (κ1) is 14.4. The van der Waals surface area contributed by atoms with Gasteiger partial charge in [0.05, 0.1) is 11.3 Å². The van der Waals surface area contributed by atoms with E-state index in [9.17, 15) is 9.59 Å². The number of carbonyl (C=O) groups is 1. The molecule has 7 heteroatoms. The number of aromatic amines is 1. The molecule has 2 N–H and O–H groups in total. The quantitative estimate of drug-likeness (QED) is 0.603. The fourth-order valence-corrected chi connectivity index (χ4v) is 3.05. The van der Waals surface area contributed by atoms with E-state index < -0.39 is 0 Å². The molecule has 0 aliphatic carbocycles. The minimum atomic E-state index is -0.276. The number of imidazole rings is 1. The van der Waals surface area contributed by atoms with Crippen LogP contribution in [-0.4, -0.2) is 20.3 Å². The third-order valence-corrected chi connectivity index (χ3v) is 4.35. The first-order valence-electron chi connectivity index (χ1n) is 7.22. The van der Waals surface area contributed by atoms with Crippen LogP contribution in [0.4, 0.5) is 5.69 Å². The van der Waals surface area contributed by atoms with E-state index in [4.69, 9.17) is 0 Å². The van der Waals surface area contributed by atoms with Crippen LogP contribution in [0.2, 0.25) is 0 Å². The fraction of sp³-hybridized carbons (Fsp3) is 0. The fourth-order valence-electron chi connectivity index (χ4n) is 2.35. The molecule has 24 heavy (non-hydrogen) atoms. The molecule has 6 nitrogen and oxygen atoms in total. The Morgan fingerprint density at radius 1 is 1.17 bits per heavy atom. The molecule has 118 valence electrons. The molecule has 0 spiro atoms. The Balaban J connectivity index is 1.53. The molecule has 0 aliphatic rings. The van der Waals surface area contributed by atoms with Gasteiger partial charge in [0.1, 0.15) is 0 Å². The number of amides is 1. The molecule has 0 saturated heterocycles. The Morgan fingerprint density at radius 3 is 2.71 bits per heavy atom. The number of nitrogens with one attached hydrogen (secondary N) is 2. The maximum Gasteiger partial charge on any atom is 0.257 e. The third-order valence-electron chi connectivity index (χ3n) is 3.58. The summed E-state index contributed by atoms with van der Waals surface area (Å²) >= 11 is 1.58. The Labute approximate surface area is 140 Å². The lowest BCUT2D eigenvalue weighted by Gasteiger charge is -2.05. The second kappa shape index (κ2) is 5.78. The van der Waals surface area contributed by atoms with Gasteiger partial charge in [-0.1, -0.05) is 12.1 Å². The Bertz CT molecular complexity index is 1030. The summed E-state index contributed by atoms with van der Waals surface area (Å²) in [6.45, 7) is 0. The Morgan fingerprint density at radius 2 is 2.00 bits per heavy atom. The van der Waals surface area contributed by atoms with E-state index in [0.717, 1.165) is 16.2 Å². The largest absolute Gasteiger partial charge is 0.328 e. The van der Waals surface area contributed by atoms with Crippen LogP contribution in [0.3, 0.4) is 0 Å². The number of rotatable bonds is 3. The Hall–Kier alpha value is -3.19. The summed E-state index contributed by atoms with van der Waals surface area (Å²) in [7, 11) is 0. The summed E-state index contributed by atoms with van der Waals surface area (Å²) in [6.07, 6.45) is 5.33. The molecular weight excluding hydrogens is 324 g/mol. The number of hydrogen-bond donors (Lipinski definition) is 2. The highest BCUT2D eigenvalue weighted by Gasteiger charge is 2.08. The topological polar surface area (TPSA) is 79.3 Å². The lowest BCUT2D eigenvalue weighted by Crippen LogP contribution is -2.14. The highest BCUT2D eigenvalue weighted by atomic mass is 32.1. The zero-order valence-corrected chi connectivity index (χ0v) is 13.2. The zero-order valence-electron chi connectivity index (χ0n) is 12.4. The molecule has 0 aliphatic heterocycles. The molecule has 3 aromatic heterocycles. The van der Waals surface area contributed by atoms with E-state index >= 15 is 0 Å². The number of pyridine rings is 1. The SMILES string of the molecule is O=C(Nc1ccc(-c2cn3ccsc3n2)cc1)c1ccc(=O)[nH]c1. The first-order valence-corrected chi connectivity index (χ1v) is 8.10. The Kier molecular flexibility index (Phi) is 3.47. The predicted molar refractivity (Wildman–Crippen MR) is 93.5 cm³/mol. The molecule has 1 aromatic carbocycles. The summed E-state index contributed by atoms with van der Waals surface area (Å²) in [4.78, 5) is 31.1. The summed E-state index contributed by atoms with van der Waals surface area (Å²) in [5.74, 6) is -0.276. The summed E-state index contributed by atoms with van der Waals surface area (Å²) < 4.78 is 1.98. The van der Waals surface area contributed by atoms with Gasteiger partial charge < -0.3 is 10.3 Å². The lowest BCUT2D eigenvalue weighted by molar-refractivity contribution is 0.102. The van der Waals surface area contributed by atoms with Gasteiger partial charge in [-0.3, -0.25) is 14.0 Å². The van der Waals surface area contributed by atoms with Crippen molar-refractivity contribution in [2.24, 2.45) is 0 Å². The number of carbonyl (C=O) groups excluding carboxylic acids is 1. The smallest absolute Gasteiger partial charge is 0.257 e. The van der Waals surface area contributed by atoms with Crippen molar-refractivity contribution in [2.75, 3.05) is 5.32 Å². The van der Waals surface area contributed by atoms with Crippen molar-refractivity contribution < 1.29 is 4.79 Å². The number of aromatic nitrogens is 3. The molecule has 1 amide bonds. The predicted octanol–water partition coefficient (Wildman–Crippen LogP) is 3.00. The molecule has 4 aromatic rings. The van der Waals surface area contributed by atoms with Gasteiger partial charge in [0.25, 0.3) is 5.91 Å². The zero-order chi connectivity index (χ0) is 16.5. The number of H-pyrrole nitrogens is 1. The van der Waals surface area contributed by atoms with E-state index in [1.165, 1.54) is 18.3 Å². The number of benzene rings is 1. The van der Waals surface area contributed by atoms with Crippen molar-refractivity contribution in [3.8, 4) is 11.3 Å². The van der Waals surface area contributed by atoms with Crippen LogP contribution < -0.4 is 10.9 Å². The van der Waals surface area contributed by atoms with Gasteiger partial charge in [-0.05, 0) is 18.2 Å². The van der Waals surface area contributed by atoms with Crippen molar-refractivity contribution in [1.29, 1.82) is 0 Å². The number of hydrogen-bond acceptors (Lipinski definition) is 4. The van der Waals surface area contributed by atoms with Gasteiger partial charge in [-0.15, -0.1) is 11.3 Å². The van der Waals surface area contributed by atoms with E-state index in [2.05, 4.69) is 15.3 Å². The standard InChI is InChI=1S/C17H12N4O2S/c22-15-6-3-12(9-18-15)16(23)19-13-4-1-11(2-5-13)14-10-21-7-8-24-17(21)20-14/h1-10H,(H,18,22)(H,19,23). The van der Waals surface area contributed by atoms with Crippen LogP contribution in [0.1, 0.15) is 10.4 Å². The van der Waals surface area contributed by atoms with Crippen LogP contribution >= 0.6 is 11.3 Å². The summed E-state index contributed by atoms with van der Waals surface area (Å²) in [5.41, 5.74) is 2.70. The molecule has 0 bridgehead atoms. The third kappa shape index (κ3) is 2.72. The van der Waals surface area contributed by atoms with Gasteiger partial charge in [-0.25, -0.2) is 4.98 Å². The highest BCUT2D eigenvalue weighted by Crippen LogP contribution is 2.23. The van der Waals surface area contributed by atoms with E-state index in [1.807, 2.05) is 46.4 Å². The number of anilines is 1. The van der Waals surface area contributed by atoms with Crippen LogP contribution in [0, 0.1) is 0 Å². The second-order valence-corrected chi connectivity index (χ2v) is 6.07. The molecule has 0 saturated carbocycles. The average Bonchev–Trinajstić information content (AvgIpc) is 3.18. The maximum atomic E-state index is 12.1. The van der Waals surface area contributed by atoms with E-state index in [-0.39, 0.29) is 11.5 Å². The maximum absolute atomic E-state index is 12.1. The lowest BCUT2D eigenvalue weighted by atomic mass is 10.1. The minimum Gasteiger partial charge on any atom is -0.328 e. The van der Waals surface area contributed by atoms with Crippen LogP contribution in [0.5, 0.6) is 0 Å². The highest BCUT2D eigenvalue weighted by molar-refractivity contribution is 7.15. The normalized spacial score (nSPS) is 10.8. The number of nitrogens with zero attached hydrogens (tertiary/aromatic N) is 2. The molecule has 0 atom stereocenters. The first-order chi connectivity index (χ1) is 11.7. The molecule has 4 rings (SSSR count). The van der Waals surface area contributed by atoms with E-state index in [1.54, 1.807) is 11.3 Å². The van der Waals surface area contributed by atoms with Crippen molar-refractivity contribution in [3.05, 3.63) is 76.3 Å². The van der Waals surface area contributed by atoms with Crippen LogP contribution in [0.25, 0.3) is 16.2 Å². The van der Waals surface area contributed by atoms with Gasteiger partial charge >= 0.3 is 0 Å². The van der Waals surface area contributed by atoms with Crippen molar-refractivity contribution in [3.63, 3.8) is 0 Å². The average molecular weight is 336 g/mol. The molecule has 0 radical (unpaired) electrons. The van der Waals surface area contributed by atoms with Gasteiger partial charge in [0, 0.05) is 41.3 Å². The van der Waals surface area contributed by atoms with Crippen molar-refractivity contribution in [1.82, 2.24) is 14.4 Å². The molecule has 3 heterocycles. The van der Waals surface area contributed by atoms with Gasteiger partial charge in [0.15, 0.2) is 4.96 Å². The molecule has 0 fully saturated rings. The van der Waals surface area contributed by atoms with Gasteiger partial charge in [0.2, 0.25) is 5.56 Å². The van der Waals surface area contributed by atoms with Crippen LogP contribution in [-0.2, 0) is 0 Å². The van der Waals surface area contributed by atoms with Crippen molar-refractivity contribution in [2.45, 2.75) is 0 Å². The monoisotopic (exact) mass is 336 g/mol. The van der Waals surface area contributed by atoms with E-state index in [0.29, 0.717) is 11.3 Å². The molecule has 0 unspecified atom stereocenters. The summed E-state index contributed by atoms with van der Waals surface area (Å²) in [5, 5.41) is 4.78. The van der Waals surface area contributed by atoms with Crippen molar-refractivity contribution >= 4 is 27.9 Å². The number of thiazole rings is 1. The van der Waals surface area contributed by atoms with Crippen LogP contribution in [0.15, 0.2) is 65.2 Å². The van der Waals surface area contributed by atoms with Gasteiger partial charge in [-0.2, -0.15) is 0 Å². The molecular formula is C17H12N4O2S. The number of fused-ring (bicyclic) bond motifs is 1. The second-order valence-electron chi connectivity index (χ2n) is 5.19. The summed E-state index contributed by atoms with van der Waals surface area (Å²) in [6, 6.07) is 10.3. The minimum absolute atomic E-state index is 0.240.